The van der Waals surface area contributed by atoms with Crippen molar-refractivity contribution in [2.24, 2.45) is 0 Å². The summed E-state index contributed by atoms with van der Waals surface area (Å²) in [6, 6.07) is 16.0. The van der Waals surface area contributed by atoms with Gasteiger partial charge in [-0.2, -0.15) is 8.42 Å². The van der Waals surface area contributed by atoms with Gasteiger partial charge in [0.1, 0.15) is 11.9 Å². The van der Waals surface area contributed by atoms with Crippen LogP contribution in [0.4, 0.5) is 0 Å². The number of ether oxygens (including phenoxy) is 1. The standard InChI is InChI=1S/C23H25NO5S/c1-16-14-20(8-12-23(16)30(26,27)28)19-6-9-21(10-7-19)29-17(2)22(25)11-5-18-4-3-13-24-15-18/h3-4,6-10,12-15,17,22,25H,5,11H2,1-2H3,(H,26,27,28). The van der Waals surface area contributed by atoms with E-state index in [1.807, 2.05) is 43.3 Å². The van der Waals surface area contributed by atoms with Crippen molar-refractivity contribution >= 4 is 10.1 Å². The Morgan fingerprint density at radius 3 is 2.37 bits per heavy atom. The van der Waals surface area contributed by atoms with Crippen molar-refractivity contribution < 1.29 is 22.8 Å². The number of hydrogen-bond acceptors (Lipinski definition) is 5. The molecule has 2 unspecified atom stereocenters. The number of benzene rings is 2. The van der Waals surface area contributed by atoms with Gasteiger partial charge in [-0.25, -0.2) is 0 Å². The highest BCUT2D eigenvalue weighted by molar-refractivity contribution is 7.85. The van der Waals surface area contributed by atoms with Gasteiger partial charge in [0.25, 0.3) is 10.1 Å². The van der Waals surface area contributed by atoms with Crippen molar-refractivity contribution in [1.29, 1.82) is 0 Å². The highest BCUT2D eigenvalue weighted by Gasteiger charge is 2.17. The van der Waals surface area contributed by atoms with Crippen LogP contribution in [0.3, 0.4) is 0 Å². The van der Waals surface area contributed by atoms with Gasteiger partial charge in [0, 0.05) is 12.4 Å². The smallest absolute Gasteiger partial charge is 0.294 e. The first-order valence-electron chi connectivity index (χ1n) is 9.66. The van der Waals surface area contributed by atoms with Gasteiger partial charge < -0.3 is 9.84 Å². The van der Waals surface area contributed by atoms with E-state index in [9.17, 15) is 18.1 Å². The van der Waals surface area contributed by atoms with Crippen molar-refractivity contribution in [1.82, 2.24) is 4.98 Å². The molecule has 7 heteroatoms. The number of aryl methyl sites for hydroxylation is 2. The van der Waals surface area contributed by atoms with Crippen molar-refractivity contribution in [2.75, 3.05) is 0 Å². The normalized spacial score (nSPS) is 13.6. The molecule has 0 fully saturated rings. The molecule has 158 valence electrons. The van der Waals surface area contributed by atoms with Crippen molar-refractivity contribution in [3.63, 3.8) is 0 Å². The maximum Gasteiger partial charge on any atom is 0.294 e. The molecule has 0 saturated heterocycles. The molecule has 6 nitrogen and oxygen atoms in total. The van der Waals surface area contributed by atoms with Crippen LogP contribution in [0, 0.1) is 6.92 Å². The van der Waals surface area contributed by atoms with E-state index in [0.717, 1.165) is 23.1 Å². The van der Waals surface area contributed by atoms with Crippen LogP contribution in [-0.2, 0) is 16.5 Å². The summed E-state index contributed by atoms with van der Waals surface area (Å²) in [5.41, 5.74) is 3.26. The lowest BCUT2D eigenvalue weighted by molar-refractivity contribution is 0.0420. The Labute approximate surface area is 176 Å². The van der Waals surface area contributed by atoms with E-state index in [1.165, 1.54) is 6.07 Å². The molecule has 0 aliphatic heterocycles. The molecule has 3 rings (SSSR count). The first kappa shape index (κ1) is 22.0. The average Bonchev–Trinajstić information content (AvgIpc) is 2.72. The minimum atomic E-state index is -4.23. The predicted molar refractivity (Wildman–Crippen MR) is 115 cm³/mol. The molecule has 3 aromatic rings. The maximum absolute atomic E-state index is 11.3. The Morgan fingerprint density at radius 1 is 1.07 bits per heavy atom. The zero-order valence-corrected chi connectivity index (χ0v) is 17.7. The summed E-state index contributed by atoms with van der Waals surface area (Å²) in [6.07, 6.45) is 3.83. The summed E-state index contributed by atoms with van der Waals surface area (Å²) in [6.45, 7) is 3.47. The summed E-state index contributed by atoms with van der Waals surface area (Å²) >= 11 is 0. The third-order valence-electron chi connectivity index (χ3n) is 4.96. The second-order valence-electron chi connectivity index (χ2n) is 7.27. The summed E-state index contributed by atoms with van der Waals surface area (Å²) < 4.78 is 37.8. The molecule has 0 bridgehead atoms. The van der Waals surface area contributed by atoms with Gasteiger partial charge in [-0.3, -0.25) is 9.54 Å². The van der Waals surface area contributed by atoms with E-state index >= 15 is 0 Å². The van der Waals surface area contributed by atoms with Crippen molar-refractivity contribution in [3.05, 3.63) is 78.1 Å². The van der Waals surface area contributed by atoms with Crippen molar-refractivity contribution in [2.45, 2.75) is 43.8 Å². The molecule has 1 aromatic heterocycles. The summed E-state index contributed by atoms with van der Waals surface area (Å²) in [5, 5.41) is 10.4. The van der Waals surface area contributed by atoms with Crippen LogP contribution < -0.4 is 4.74 Å². The summed E-state index contributed by atoms with van der Waals surface area (Å²) in [4.78, 5) is 3.98. The SMILES string of the molecule is Cc1cc(-c2ccc(OC(C)C(O)CCc3cccnc3)cc2)ccc1S(=O)(=O)O. The minimum absolute atomic E-state index is 0.0969. The van der Waals surface area contributed by atoms with E-state index in [1.54, 1.807) is 31.5 Å². The fourth-order valence-corrected chi connectivity index (χ4v) is 3.94. The lowest BCUT2D eigenvalue weighted by Crippen LogP contribution is -2.29. The van der Waals surface area contributed by atoms with Crippen LogP contribution in [0.25, 0.3) is 11.1 Å². The van der Waals surface area contributed by atoms with Crippen LogP contribution in [0.1, 0.15) is 24.5 Å². The predicted octanol–water partition coefficient (Wildman–Crippen LogP) is 4.06. The van der Waals surface area contributed by atoms with E-state index in [2.05, 4.69) is 4.98 Å². The number of hydrogen-bond donors (Lipinski definition) is 2. The molecule has 2 N–H and O–H groups in total. The molecule has 2 aromatic carbocycles. The number of aliphatic hydroxyl groups excluding tert-OH is 1. The quantitative estimate of drug-likeness (QED) is 0.526. The van der Waals surface area contributed by atoms with Crippen molar-refractivity contribution in [3.8, 4) is 16.9 Å². The Balaban J connectivity index is 1.62. The lowest BCUT2D eigenvalue weighted by atomic mass is 10.0. The fourth-order valence-electron chi connectivity index (χ4n) is 3.23. The zero-order valence-electron chi connectivity index (χ0n) is 16.9. The molecule has 0 aliphatic carbocycles. The molecular weight excluding hydrogens is 402 g/mol. The van der Waals surface area contributed by atoms with E-state index < -0.39 is 16.2 Å². The molecule has 2 atom stereocenters. The molecule has 30 heavy (non-hydrogen) atoms. The summed E-state index contributed by atoms with van der Waals surface area (Å²) in [5.74, 6) is 0.637. The molecule has 0 amide bonds. The highest BCUT2D eigenvalue weighted by Crippen LogP contribution is 2.27. The third-order valence-corrected chi connectivity index (χ3v) is 5.97. The number of nitrogens with zero attached hydrogens (tertiary/aromatic N) is 1. The number of aliphatic hydroxyl groups is 1. The number of aromatic nitrogens is 1. The van der Waals surface area contributed by atoms with Gasteiger partial charge >= 0.3 is 0 Å². The second-order valence-corrected chi connectivity index (χ2v) is 8.66. The van der Waals surface area contributed by atoms with Crippen LogP contribution in [0.5, 0.6) is 5.75 Å². The molecule has 0 radical (unpaired) electrons. The third kappa shape index (κ3) is 5.66. The second kappa shape index (κ2) is 9.38. The monoisotopic (exact) mass is 427 g/mol. The summed E-state index contributed by atoms with van der Waals surface area (Å²) in [7, 11) is -4.23. The maximum atomic E-state index is 11.3. The number of rotatable bonds is 8. The lowest BCUT2D eigenvalue weighted by Gasteiger charge is -2.20. The Hall–Kier alpha value is -2.74. The molecule has 0 saturated carbocycles. The first-order valence-corrected chi connectivity index (χ1v) is 11.1. The number of pyridine rings is 1. The van der Waals surface area contributed by atoms with Gasteiger partial charge in [-0.1, -0.05) is 30.3 Å². The molecular formula is C23H25NO5S. The largest absolute Gasteiger partial charge is 0.488 e. The van der Waals surface area contributed by atoms with Gasteiger partial charge in [-0.05, 0) is 73.2 Å². The van der Waals surface area contributed by atoms with Crippen LogP contribution in [0.2, 0.25) is 0 Å². The van der Waals surface area contributed by atoms with Gasteiger partial charge in [0.05, 0.1) is 11.0 Å². The Morgan fingerprint density at radius 2 is 1.77 bits per heavy atom. The minimum Gasteiger partial charge on any atom is -0.488 e. The Bertz CT molecular complexity index is 1080. The van der Waals surface area contributed by atoms with Crippen LogP contribution >= 0.6 is 0 Å². The molecule has 1 heterocycles. The van der Waals surface area contributed by atoms with Crippen LogP contribution in [0.15, 0.2) is 71.9 Å². The Kier molecular flexibility index (Phi) is 6.87. The van der Waals surface area contributed by atoms with Gasteiger partial charge in [0.2, 0.25) is 0 Å². The average molecular weight is 428 g/mol. The molecule has 0 spiro atoms. The van der Waals surface area contributed by atoms with Crippen LogP contribution in [-0.4, -0.2) is 35.3 Å². The molecule has 0 aliphatic rings. The highest BCUT2D eigenvalue weighted by atomic mass is 32.2. The van der Waals surface area contributed by atoms with E-state index in [-0.39, 0.29) is 11.0 Å². The topological polar surface area (TPSA) is 96.7 Å². The first-order chi connectivity index (χ1) is 14.2. The van der Waals surface area contributed by atoms with Gasteiger partial charge in [0.15, 0.2) is 0 Å². The zero-order chi connectivity index (χ0) is 21.7. The van der Waals surface area contributed by atoms with E-state index in [4.69, 9.17) is 4.74 Å². The van der Waals surface area contributed by atoms with Gasteiger partial charge in [-0.15, -0.1) is 0 Å². The fraction of sp³-hybridized carbons (Fsp3) is 0.261. The van der Waals surface area contributed by atoms with E-state index in [0.29, 0.717) is 17.7 Å².